The molecule has 18 heavy (non-hydrogen) atoms. The van der Waals surface area contributed by atoms with Crippen LogP contribution in [0.3, 0.4) is 0 Å². The van der Waals surface area contributed by atoms with Crippen molar-refractivity contribution in [3.8, 4) is 0 Å². The Labute approximate surface area is 105 Å². The summed E-state index contributed by atoms with van der Waals surface area (Å²) < 4.78 is 42.6. The molecule has 1 aromatic carbocycles. The SMILES string of the molecule is CCN(CCOC)Cc1cccc(C(F)(F)F)c1. The van der Waals surface area contributed by atoms with Crippen molar-refractivity contribution in [3.63, 3.8) is 0 Å². The van der Waals surface area contributed by atoms with Crippen molar-refractivity contribution in [2.75, 3.05) is 26.8 Å². The molecule has 0 heterocycles. The quantitative estimate of drug-likeness (QED) is 0.780. The van der Waals surface area contributed by atoms with E-state index in [0.29, 0.717) is 25.3 Å². The van der Waals surface area contributed by atoms with Gasteiger partial charge < -0.3 is 4.74 Å². The summed E-state index contributed by atoms with van der Waals surface area (Å²) in [5.41, 5.74) is 0.0746. The molecule has 0 unspecified atom stereocenters. The molecule has 0 saturated heterocycles. The summed E-state index contributed by atoms with van der Waals surface area (Å²) >= 11 is 0. The Morgan fingerprint density at radius 2 is 2.00 bits per heavy atom. The minimum absolute atomic E-state index is 0.504. The predicted molar refractivity (Wildman–Crippen MR) is 64.3 cm³/mol. The zero-order valence-electron chi connectivity index (χ0n) is 10.6. The normalized spacial score (nSPS) is 12.1. The van der Waals surface area contributed by atoms with Crippen LogP contribution in [0.1, 0.15) is 18.1 Å². The van der Waals surface area contributed by atoms with Crippen LogP contribution in [0.15, 0.2) is 24.3 Å². The topological polar surface area (TPSA) is 12.5 Å². The van der Waals surface area contributed by atoms with Crippen molar-refractivity contribution in [1.82, 2.24) is 4.90 Å². The fourth-order valence-corrected chi connectivity index (χ4v) is 1.67. The van der Waals surface area contributed by atoms with Crippen molar-refractivity contribution in [2.45, 2.75) is 19.6 Å². The molecule has 0 N–H and O–H groups in total. The van der Waals surface area contributed by atoms with Crippen molar-refractivity contribution in [1.29, 1.82) is 0 Å². The van der Waals surface area contributed by atoms with Crippen LogP contribution >= 0.6 is 0 Å². The molecule has 0 atom stereocenters. The van der Waals surface area contributed by atoms with Gasteiger partial charge >= 0.3 is 6.18 Å². The molecular weight excluding hydrogens is 243 g/mol. The summed E-state index contributed by atoms with van der Waals surface area (Å²) in [6.07, 6.45) is -4.28. The van der Waals surface area contributed by atoms with E-state index in [0.717, 1.165) is 12.6 Å². The Hall–Kier alpha value is -1.07. The number of ether oxygens (including phenoxy) is 1. The van der Waals surface area contributed by atoms with Gasteiger partial charge in [-0.3, -0.25) is 4.90 Å². The van der Waals surface area contributed by atoms with Gasteiger partial charge in [0.1, 0.15) is 0 Å². The molecule has 102 valence electrons. The first-order valence-corrected chi connectivity index (χ1v) is 5.84. The number of nitrogens with zero attached hydrogens (tertiary/aromatic N) is 1. The molecular formula is C13H18F3NO. The van der Waals surface area contributed by atoms with Crippen LogP contribution in [0.25, 0.3) is 0 Å². The molecule has 0 fully saturated rings. The van der Waals surface area contributed by atoms with Crippen LogP contribution in [0.4, 0.5) is 13.2 Å². The molecule has 0 aliphatic carbocycles. The number of alkyl halides is 3. The standard InChI is InChI=1S/C13H18F3NO/c1-3-17(7-8-18-2)10-11-5-4-6-12(9-11)13(14,15)16/h4-6,9H,3,7-8,10H2,1-2H3. The average molecular weight is 261 g/mol. The molecule has 2 nitrogen and oxygen atoms in total. The van der Waals surface area contributed by atoms with Crippen LogP contribution in [0, 0.1) is 0 Å². The summed E-state index contributed by atoms with van der Waals surface area (Å²) in [6, 6.07) is 5.46. The summed E-state index contributed by atoms with van der Waals surface area (Å²) in [7, 11) is 1.61. The third kappa shape index (κ3) is 4.66. The van der Waals surface area contributed by atoms with Crippen LogP contribution in [0.5, 0.6) is 0 Å². The van der Waals surface area contributed by atoms with Gasteiger partial charge in [-0.1, -0.05) is 25.1 Å². The summed E-state index contributed by atoms with van der Waals surface area (Å²) in [6.45, 7) is 4.54. The smallest absolute Gasteiger partial charge is 0.383 e. The highest BCUT2D eigenvalue weighted by Crippen LogP contribution is 2.29. The van der Waals surface area contributed by atoms with Gasteiger partial charge in [0.15, 0.2) is 0 Å². The van der Waals surface area contributed by atoms with E-state index in [4.69, 9.17) is 4.74 Å². The van der Waals surface area contributed by atoms with Gasteiger partial charge in [-0.05, 0) is 18.2 Å². The largest absolute Gasteiger partial charge is 0.416 e. The molecule has 1 aromatic rings. The molecule has 0 radical (unpaired) electrons. The van der Waals surface area contributed by atoms with Crippen LogP contribution < -0.4 is 0 Å². The monoisotopic (exact) mass is 261 g/mol. The van der Waals surface area contributed by atoms with E-state index < -0.39 is 11.7 Å². The minimum Gasteiger partial charge on any atom is -0.383 e. The molecule has 0 saturated carbocycles. The Bertz CT molecular complexity index is 365. The molecule has 1 rings (SSSR count). The third-order valence-corrected chi connectivity index (χ3v) is 2.72. The number of likely N-dealkylation sites (N-methyl/N-ethyl adjacent to an activating group) is 1. The van der Waals surface area contributed by atoms with E-state index >= 15 is 0 Å². The van der Waals surface area contributed by atoms with Crippen LogP contribution in [-0.2, 0) is 17.5 Å². The highest BCUT2D eigenvalue weighted by atomic mass is 19.4. The van der Waals surface area contributed by atoms with Gasteiger partial charge in [0.25, 0.3) is 0 Å². The van der Waals surface area contributed by atoms with E-state index in [-0.39, 0.29) is 0 Å². The van der Waals surface area contributed by atoms with Gasteiger partial charge in [0.05, 0.1) is 12.2 Å². The van der Waals surface area contributed by atoms with Gasteiger partial charge in [0, 0.05) is 20.2 Å². The van der Waals surface area contributed by atoms with Crippen LogP contribution in [-0.4, -0.2) is 31.7 Å². The maximum Gasteiger partial charge on any atom is 0.416 e. The Balaban J connectivity index is 2.71. The second kappa shape index (κ2) is 6.75. The number of rotatable bonds is 6. The molecule has 0 aliphatic heterocycles. The average Bonchev–Trinajstić information content (AvgIpc) is 2.33. The number of hydrogen-bond donors (Lipinski definition) is 0. The van der Waals surface area contributed by atoms with E-state index in [2.05, 4.69) is 0 Å². The first kappa shape index (κ1) is 15.0. The van der Waals surface area contributed by atoms with Gasteiger partial charge in [0.2, 0.25) is 0 Å². The van der Waals surface area contributed by atoms with Gasteiger partial charge in [-0.2, -0.15) is 13.2 Å². The third-order valence-electron chi connectivity index (χ3n) is 2.72. The van der Waals surface area contributed by atoms with Gasteiger partial charge in [-0.15, -0.1) is 0 Å². The number of benzene rings is 1. The molecule has 0 bridgehead atoms. The van der Waals surface area contributed by atoms with E-state index in [1.54, 1.807) is 13.2 Å². The van der Waals surface area contributed by atoms with E-state index in [1.165, 1.54) is 12.1 Å². The fraction of sp³-hybridized carbons (Fsp3) is 0.538. The molecule has 0 amide bonds. The molecule has 0 aliphatic rings. The van der Waals surface area contributed by atoms with E-state index in [9.17, 15) is 13.2 Å². The molecule has 5 heteroatoms. The zero-order valence-corrected chi connectivity index (χ0v) is 10.6. The lowest BCUT2D eigenvalue weighted by Crippen LogP contribution is -2.26. The summed E-state index contributed by atoms with van der Waals surface area (Å²) in [5, 5.41) is 0. The van der Waals surface area contributed by atoms with Crippen molar-refractivity contribution in [2.24, 2.45) is 0 Å². The number of hydrogen-bond acceptors (Lipinski definition) is 2. The minimum atomic E-state index is -4.28. The summed E-state index contributed by atoms with van der Waals surface area (Å²) in [4.78, 5) is 2.04. The second-order valence-corrected chi connectivity index (χ2v) is 4.06. The predicted octanol–water partition coefficient (Wildman–Crippen LogP) is 3.17. The lowest BCUT2D eigenvalue weighted by molar-refractivity contribution is -0.137. The second-order valence-electron chi connectivity index (χ2n) is 4.06. The van der Waals surface area contributed by atoms with Crippen LogP contribution in [0.2, 0.25) is 0 Å². The maximum atomic E-state index is 12.6. The molecule has 0 aromatic heterocycles. The summed E-state index contributed by atoms with van der Waals surface area (Å²) in [5.74, 6) is 0. The molecule has 0 spiro atoms. The first-order valence-electron chi connectivity index (χ1n) is 5.84. The highest BCUT2D eigenvalue weighted by Gasteiger charge is 2.30. The van der Waals surface area contributed by atoms with Crippen molar-refractivity contribution < 1.29 is 17.9 Å². The van der Waals surface area contributed by atoms with Crippen molar-refractivity contribution >= 4 is 0 Å². The maximum absolute atomic E-state index is 12.6. The highest BCUT2D eigenvalue weighted by molar-refractivity contribution is 5.25. The fourth-order valence-electron chi connectivity index (χ4n) is 1.67. The van der Waals surface area contributed by atoms with Crippen molar-refractivity contribution in [3.05, 3.63) is 35.4 Å². The van der Waals surface area contributed by atoms with Gasteiger partial charge in [-0.25, -0.2) is 0 Å². The Morgan fingerprint density at radius 3 is 2.56 bits per heavy atom. The lowest BCUT2D eigenvalue weighted by Gasteiger charge is -2.20. The lowest BCUT2D eigenvalue weighted by atomic mass is 10.1. The first-order chi connectivity index (χ1) is 8.47. The Kier molecular flexibility index (Phi) is 5.62. The Morgan fingerprint density at radius 1 is 1.28 bits per heavy atom. The number of methoxy groups -OCH3 is 1. The number of halogens is 3. The zero-order chi connectivity index (χ0) is 13.6. The van der Waals surface area contributed by atoms with E-state index in [1.807, 2.05) is 11.8 Å².